The number of benzene rings is 1. The Bertz CT molecular complexity index is 476. The first-order valence-corrected chi connectivity index (χ1v) is 5.09. The predicted molar refractivity (Wildman–Crippen MR) is 60.7 cm³/mol. The zero-order valence-corrected chi connectivity index (χ0v) is 9.62. The first-order chi connectivity index (χ1) is 8.50. The van der Waals surface area contributed by atoms with Crippen molar-refractivity contribution in [2.45, 2.75) is 6.92 Å². The smallest absolute Gasteiger partial charge is 0.257 e. The minimum absolute atomic E-state index is 0.148. The van der Waals surface area contributed by atoms with Crippen molar-refractivity contribution < 1.29 is 18.8 Å². The number of hydrogen-bond donors (Lipinski definition) is 3. The molecule has 7 heteroatoms. The van der Waals surface area contributed by atoms with Gasteiger partial charge in [0.1, 0.15) is 5.82 Å². The maximum absolute atomic E-state index is 13.2. The fraction of sp³-hybridized carbons (Fsp3) is 0.182. The standard InChI is InChI=1S/C11H12FN3O3/c1-7(16)14-15-10(17)6-13-11(18)8-4-2-3-5-9(8)12/h2-5H,6H2,1H3,(H,13,18)(H,14,16)(H,15,17). The van der Waals surface area contributed by atoms with Crippen LogP contribution in [0.2, 0.25) is 0 Å². The van der Waals surface area contributed by atoms with Gasteiger partial charge in [0.15, 0.2) is 0 Å². The molecule has 0 fully saturated rings. The number of rotatable bonds is 3. The van der Waals surface area contributed by atoms with Crippen molar-refractivity contribution in [3.8, 4) is 0 Å². The quantitative estimate of drug-likeness (QED) is 0.648. The first-order valence-electron chi connectivity index (χ1n) is 5.09. The van der Waals surface area contributed by atoms with Gasteiger partial charge < -0.3 is 5.32 Å². The molecule has 18 heavy (non-hydrogen) atoms. The van der Waals surface area contributed by atoms with Crippen LogP contribution in [0.15, 0.2) is 24.3 Å². The summed E-state index contributed by atoms with van der Waals surface area (Å²) in [6, 6.07) is 5.41. The van der Waals surface area contributed by atoms with Gasteiger partial charge in [-0.25, -0.2) is 4.39 Å². The zero-order chi connectivity index (χ0) is 13.5. The molecule has 0 unspecified atom stereocenters. The van der Waals surface area contributed by atoms with Gasteiger partial charge in [-0.15, -0.1) is 0 Å². The van der Waals surface area contributed by atoms with Gasteiger partial charge in [0.2, 0.25) is 5.91 Å². The molecule has 0 bridgehead atoms. The molecule has 1 aromatic rings. The van der Waals surface area contributed by atoms with E-state index in [9.17, 15) is 18.8 Å². The number of halogens is 1. The second-order valence-electron chi connectivity index (χ2n) is 3.39. The zero-order valence-electron chi connectivity index (χ0n) is 9.62. The number of hydrogen-bond acceptors (Lipinski definition) is 3. The normalized spacial score (nSPS) is 9.44. The lowest BCUT2D eigenvalue weighted by atomic mass is 10.2. The van der Waals surface area contributed by atoms with Crippen LogP contribution in [0, 0.1) is 5.82 Å². The Kier molecular flexibility index (Phi) is 4.79. The highest BCUT2D eigenvalue weighted by molar-refractivity contribution is 5.96. The third kappa shape index (κ3) is 4.20. The van der Waals surface area contributed by atoms with Crippen LogP contribution in [-0.2, 0) is 9.59 Å². The minimum Gasteiger partial charge on any atom is -0.343 e. The van der Waals surface area contributed by atoms with Crippen LogP contribution in [0.3, 0.4) is 0 Å². The highest BCUT2D eigenvalue weighted by Gasteiger charge is 2.11. The summed E-state index contributed by atoms with van der Waals surface area (Å²) in [6.07, 6.45) is 0. The molecular weight excluding hydrogens is 241 g/mol. The average molecular weight is 253 g/mol. The summed E-state index contributed by atoms with van der Waals surface area (Å²) in [4.78, 5) is 33.1. The van der Waals surface area contributed by atoms with E-state index < -0.39 is 23.5 Å². The summed E-state index contributed by atoms with van der Waals surface area (Å²) >= 11 is 0. The van der Waals surface area contributed by atoms with E-state index in [-0.39, 0.29) is 12.1 Å². The average Bonchev–Trinajstić information content (AvgIpc) is 2.34. The van der Waals surface area contributed by atoms with E-state index in [0.717, 1.165) is 6.07 Å². The highest BCUT2D eigenvalue weighted by atomic mass is 19.1. The Morgan fingerprint density at radius 2 is 1.83 bits per heavy atom. The van der Waals surface area contributed by atoms with Crippen LogP contribution in [0.5, 0.6) is 0 Å². The first kappa shape index (κ1) is 13.6. The summed E-state index contributed by atoms with van der Waals surface area (Å²) in [5.41, 5.74) is 3.96. The van der Waals surface area contributed by atoms with Gasteiger partial charge >= 0.3 is 0 Å². The Morgan fingerprint density at radius 1 is 1.17 bits per heavy atom. The van der Waals surface area contributed by atoms with Gasteiger partial charge in [-0.05, 0) is 12.1 Å². The fourth-order valence-corrected chi connectivity index (χ4v) is 1.10. The van der Waals surface area contributed by atoms with Gasteiger partial charge in [-0.1, -0.05) is 12.1 Å². The Hall–Kier alpha value is -2.44. The van der Waals surface area contributed by atoms with E-state index in [4.69, 9.17) is 0 Å². The lowest BCUT2D eigenvalue weighted by molar-refractivity contribution is -0.127. The number of carbonyl (C=O) groups excluding carboxylic acids is 3. The molecule has 1 rings (SSSR count). The molecule has 0 aromatic heterocycles. The lowest BCUT2D eigenvalue weighted by Crippen LogP contribution is -2.45. The molecular formula is C11H12FN3O3. The molecule has 0 aliphatic carbocycles. The minimum atomic E-state index is -0.703. The molecule has 0 saturated heterocycles. The van der Waals surface area contributed by atoms with Crippen LogP contribution < -0.4 is 16.2 Å². The SMILES string of the molecule is CC(=O)NNC(=O)CNC(=O)c1ccccc1F. The molecule has 0 saturated carbocycles. The van der Waals surface area contributed by atoms with E-state index in [2.05, 4.69) is 16.2 Å². The van der Waals surface area contributed by atoms with Crippen molar-refractivity contribution in [2.24, 2.45) is 0 Å². The number of amides is 3. The molecule has 0 aliphatic rings. The molecule has 0 heterocycles. The van der Waals surface area contributed by atoms with Crippen molar-refractivity contribution in [1.82, 2.24) is 16.2 Å². The van der Waals surface area contributed by atoms with Crippen LogP contribution in [-0.4, -0.2) is 24.3 Å². The molecule has 0 aliphatic heterocycles. The molecule has 0 atom stereocenters. The number of hydrazine groups is 1. The van der Waals surface area contributed by atoms with Crippen LogP contribution in [0.1, 0.15) is 17.3 Å². The van der Waals surface area contributed by atoms with Gasteiger partial charge in [0.05, 0.1) is 12.1 Å². The Balaban J connectivity index is 2.45. The van der Waals surface area contributed by atoms with E-state index >= 15 is 0 Å². The summed E-state index contributed by atoms with van der Waals surface area (Å²) in [5.74, 6) is -2.43. The predicted octanol–water partition coefficient (Wildman–Crippen LogP) is -0.277. The number of nitrogens with one attached hydrogen (secondary N) is 3. The summed E-state index contributed by atoms with van der Waals surface area (Å²) in [6.45, 7) is 0.853. The van der Waals surface area contributed by atoms with Gasteiger partial charge in [-0.2, -0.15) is 0 Å². The highest BCUT2D eigenvalue weighted by Crippen LogP contribution is 2.05. The summed E-state index contributed by atoms with van der Waals surface area (Å²) in [7, 11) is 0. The summed E-state index contributed by atoms with van der Waals surface area (Å²) < 4.78 is 13.2. The third-order valence-electron chi connectivity index (χ3n) is 1.91. The molecule has 0 radical (unpaired) electrons. The topological polar surface area (TPSA) is 87.3 Å². The van der Waals surface area contributed by atoms with Crippen molar-refractivity contribution in [3.63, 3.8) is 0 Å². The van der Waals surface area contributed by atoms with Crippen LogP contribution >= 0.6 is 0 Å². The lowest BCUT2D eigenvalue weighted by Gasteiger charge is -2.07. The van der Waals surface area contributed by atoms with Crippen molar-refractivity contribution in [3.05, 3.63) is 35.6 Å². The molecule has 0 spiro atoms. The van der Waals surface area contributed by atoms with E-state index in [1.807, 2.05) is 0 Å². The molecule has 3 amide bonds. The second kappa shape index (κ2) is 6.33. The Labute approximate surface area is 103 Å². The van der Waals surface area contributed by atoms with E-state index in [1.54, 1.807) is 0 Å². The monoisotopic (exact) mass is 253 g/mol. The third-order valence-corrected chi connectivity index (χ3v) is 1.91. The maximum atomic E-state index is 13.2. The van der Waals surface area contributed by atoms with E-state index in [0.29, 0.717) is 0 Å². The Morgan fingerprint density at radius 3 is 2.44 bits per heavy atom. The van der Waals surface area contributed by atoms with Crippen LogP contribution in [0.25, 0.3) is 0 Å². The van der Waals surface area contributed by atoms with Gasteiger partial charge in [0, 0.05) is 6.92 Å². The molecule has 6 nitrogen and oxygen atoms in total. The summed E-state index contributed by atoms with van der Waals surface area (Å²) in [5, 5.41) is 2.22. The van der Waals surface area contributed by atoms with Gasteiger partial charge in [-0.3, -0.25) is 25.2 Å². The maximum Gasteiger partial charge on any atom is 0.257 e. The molecule has 96 valence electrons. The van der Waals surface area contributed by atoms with Crippen molar-refractivity contribution >= 4 is 17.7 Å². The second-order valence-corrected chi connectivity index (χ2v) is 3.39. The van der Waals surface area contributed by atoms with Crippen LogP contribution in [0.4, 0.5) is 4.39 Å². The van der Waals surface area contributed by atoms with Crippen molar-refractivity contribution in [2.75, 3.05) is 6.54 Å². The van der Waals surface area contributed by atoms with E-state index in [1.165, 1.54) is 25.1 Å². The largest absolute Gasteiger partial charge is 0.343 e. The fourth-order valence-electron chi connectivity index (χ4n) is 1.10. The number of carbonyl (C=O) groups is 3. The molecule has 3 N–H and O–H groups in total. The van der Waals surface area contributed by atoms with Crippen molar-refractivity contribution in [1.29, 1.82) is 0 Å². The van der Waals surface area contributed by atoms with Gasteiger partial charge in [0.25, 0.3) is 11.8 Å². The molecule has 1 aromatic carbocycles.